The van der Waals surface area contributed by atoms with Crippen molar-refractivity contribution in [3.8, 4) is 5.75 Å². The number of hydrogen-bond donors (Lipinski definition) is 2. The Bertz CT molecular complexity index is 1210. The first kappa shape index (κ1) is 20.3. The molecule has 0 atom stereocenters. The zero-order valence-corrected chi connectivity index (χ0v) is 18.1. The van der Waals surface area contributed by atoms with Gasteiger partial charge in [0.2, 0.25) is 0 Å². The molecular formula is C23H17ClN2O2S2. The third-order valence-electron chi connectivity index (χ3n) is 4.34. The van der Waals surface area contributed by atoms with E-state index in [1.165, 1.54) is 11.3 Å². The Labute approximate surface area is 188 Å². The van der Waals surface area contributed by atoms with Gasteiger partial charge in [-0.2, -0.15) is 0 Å². The second-order valence-corrected chi connectivity index (χ2v) is 8.26. The van der Waals surface area contributed by atoms with Crippen LogP contribution in [0.2, 0.25) is 5.02 Å². The van der Waals surface area contributed by atoms with Crippen LogP contribution in [0.5, 0.6) is 5.75 Å². The third-order valence-corrected chi connectivity index (χ3v) is 6.22. The number of benzene rings is 3. The second-order valence-electron chi connectivity index (χ2n) is 6.42. The second kappa shape index (κ2) is 9.26. The summed E-state index contributed by atoms with van der Waals surface area (Å²) in [5, 5.41) is 7.19. The van der Waals surface area contributed by atoms with Gasteiger partial charge in [-0.05, 0) is 36.0 Å². The van der Waals surface area contributed by atoms with E-state index in [2.05, 4.69) is 10.6 Å². The van der Waals surface area contributed by atoms with Crippen molar-refractivity contribution in [3.05, 3.63) is 94.3 Å². The van der Waals surface area contributed by atoms with Gasteiger partial charge in [0.1, 0.15) is 17.2 Å². The summed E-state index contributed by atoms with van der Waals surface area (Å²) in [6.07, 6.45) is 0. The van der Waals surface area contributed by atoms with Crippen molar-refractivity contribution in [1.29, 1.82) is 0 Å². The van der Waals surface area contributed by atoms with Gasteiger partial charge >= 0.3 is 0 Å². The lowest BCUT2D eigenvalue weighted by molar-refractivity contribution is 0.0982. The van der Waals surface area contributed by atoms with E-state index in [0.29, 0.717) is 27.9 Å². The molecule has 0 bridgehead atoms. The molecule has 0 unspecified atom stereocenters. The van der Waals surface area contributed by atoms with Gasteiger partial charge in [0.15, 0.2) is 5.11 Å². The van der Waals surface area contributed by atoms with E-state index in [0.717, 1.165) is 15.6 Å². The molecule has 0 aliphatic rings. The van der Waals surface area contributed by atoms with E-state index in [-0.39, 0.29) is 11.0 Å². The maximum absolute atomic E-state index is 12.7. The molecular weight excluding hydrogens is 436 g/mol. The highest BCUT2D eigenvalue weighted by Crippen LogP contribution is 2.35. The maximum atomic E-state index is 12.7. The van der Waals surface area contributed by atoms with Crippen molar-refractivity contribution in [2.24, 2.45) is 0 Å². The molecule has 0 spiro atoms. The molecule has 7 heteroatoms. The number of nitrogens with one attached hydrogen (secondary N) is 2. The van der Waals surface area contributed by atoms with Gasteiger partial charge in [0.05, 0.1) is 10.7 Å². The largest absolute Gasteiger partial charge is 0.487 e. The van der Waals surface area contributed by atoms with E-state index in [4.69, 9.17) is 28.6 Å². The van der Waals surface area contributed by atoms with E-state index in [1.54, 1.807) is 0 Å². The number of thiocarbonyl (C=S) groups is 1. The number of fused-ring (bicyclic) bond motifs is 1. The summed E-state index contributed by atoms with van der Waals surface area (Å²) in [5.74, 6) is 0.291. The monoisotopic (exact) mass is 452 g/mol. The number of amides is 1. The smallest absolute Gasteiger partial charge is 0.269 e. The summed E-state index contributed by atoms with van der Waals surface area (Å²) < 4.78 is 6.87. The summed E-state index contributed by atoms with van der Waals surface area (Å²) in [6.45, 7) is 0.427. The summed E-state index contributed by atoms with van der Waals surface area (Å²) in [5.41, 5.74) is 1.73. The van der Waals surface area contributed by atoms with Gasteiger partial charge in [-0.15, -0.1) is 11.3 Å². The summed E-state index contributed by atoms with van der Waals surface area (Å²) in [6, 6.07) is 24.9. The van der Waals surface area contributed by atoms with Crippen molar-refractivity contribution in [1.82, 2.24) is 5.32 Å². The van der Waals surface area contributed by atoms with E-state index >= 15 is 0 Å². The van der Waals surface area contributed by atoms with Crippen LogP contribution in [0, 0.1) is 0 Å². The normalized spacial score (nSPS) is 10.6. The van der Waals surface area contributed by atoms with Crippen molar-refractivity contribution < 1.29 is 9.53 Å². The first-order chi connectivity index (χ1) is 14.6. The molecule has 1 amide bonds. The van der Waals surface area contributed by atoms with Crippen LogP contribution in [0.4, 0.5) is 5.69 Å². The molecule has 0 saturated carbocycles. The van der Waals surface area contributed by atoms with Crippen LogP contribution in [-0.4, -0.2) is 11.0 Å². The fourth-order valence-corrected chi connectivity index (χ4v) is 4.52. The lowest BCUT2D eigenvalue weighted by atomic mass is 10.2. The number of carbonyl (C=O) groups excluding carboxylic acids is 1. The zero-order valence-electron chi connectivity index (χ0n) is 15.7. The standard InChI is InChI=1S/C23H17ClN2O2S2/c24-20-16-10-4-7-13-19(16)30-21(20)22(27)26-23(29)25-17-11-5-6-12-18(17)28-14-15-8-2-1-3-9-15/h1-13H,14H2,(H2,25,26,27,29). The number of hydrogen-bond acceptors (Lipinski definition) is 4. The van der Waals surface area contributed by atoms with Crippen LogP contribution >= 0.6 is 35.2 Å². The van der Waals surface area contributed by atoms with Crippen LogP contribution < -0.4 is 15.4 Å². The Kier molecular flexibility index (Phi) is 6.28. The lowest BCUT2D eigenvalue weighted by Crippen LogP contribution is -2.33. The number of rotatable bonds is 5. The molecule has 1 aromatic heterocycles. The average molecular weight is 453 g/mol. The molecule has 2 N–H and O–H groups in total. The molecule has 4 rings (SSSR count). The van der Waals surface area contributed by atoms with Gasteiger partial charge in [0.25, 0.3) is 5.91 Å². The number of ether oxygens (including phenoxy) is 1. The van der Waals surface area contributed by atoms with Crippen LogP contribution in [0.25, 0.3) is 10.1 Å². The van der Waals surface area contributed by atoms with Gasteiger partial charge in [-0.25, -0.2) is 0 Å². The topological polar surface area (TPSA) is 50.4 Å². The fraction of sp³-hybridized carbons (Fsp3) is 0.0435. The van der Waals surface area contributed by atoms with E-state index < -0.39 is 0 Å². The van der Waals surface area contributed by atoms with Gasteiger partial charge in [0, 0.05) is 10.1 Å². The Balaban J connectivity index is 1.43. The quantitative estimate of drug-likeness (QED) is 0.351. The summed E-state index contributed by atoms with van der Waals surface area (Å²) >= 11 is 13.1. The lowest BCUT2D eigenvalue weighted by Gasteiger charge is -2.14. The minimum atomic E-state index is -0.346. The molecule has 4 aromatic rings. The van der Waals surface area contributed by atoms with Crippen LogP contribution in [0.3, 0.4) is 0 Å². The van der Waals surface area contributed by atoms with Gasteiger partial charge in [-0.3, -0.25) is 10.1 Å². The first-order valence-corrected chi connectivity index (χ1v) is 10.8. The third kappa shape index (κ3) is 4.62. The molecule has 3 aromatic carbocycles. The Morgan fingerprint density at radius 2 is 1.67 bits per heavy atom. The number of thiophene rings is 1. The highest BCUT2D eigenvalue weighted by Gasteiger charge is 2.18. The van der Waals surface area contributed by atoms with E-state index in [9.17, 15) is 4.79 Å². The molecule has 0 aliphatic heterocycles. The van der Waals surface area contributed by atoms with Gasteiger partial charge in [-0.1, -0.05) is 72.3 Å². The summed E-state index contributed by atoms with van der Waals surface area (Å²) in [7, 11) is 0. The Hall–Kier alpha value is -2.93. The molecule has 4 nitrogen and oxygen atoms in total. The fourth-order valence-electron chi connectivity index (χ4n) is 2.90. The Morgan fingerprint density at radius 3 is 2.47 bits per heavy atom. The predicted molar refractivity (Wildman–Crippen MR) is 128 cm³/mol. The number of para-hydroxylation sites is 2. The molecule has 0 fully saturated rings. The molecule has 0 radical (unpaired) electrons. The van der Waals surface area contributed by atoms with Crippen LogP contribution in [-0.2, 0) is 6.61 Å². The van der Waals surface area contributed by atoms with Crippen LogP contribution in [0.15, 0.2) is 78.9 Å². The molecule has 1 heterocycles. The zero-order chi connectivity index (χ0) is 20.9. The number of halogens is 1. The minimum absolute atomic E-state index is 0.171. The highest BCUT2D eigenvalue weighted by molar-refractivity contribution is 7.80. The van der Waals surface area contributed by atoms with Crippen LogP contribution in [0.1, 0.15) is 15.2 Å². The SMILES string of the molecule is O=C(NC(=S)Nc1ccccc1OCc1ccccc1)c1sc2ccccc2c1Cl. The average Bonchev–Trinajstić information content (AvgIpc) is 3.11. The molecule has 0 saturated heterocycles. The molecule has 0 aliphatic carbocycles. The number of anilines is 1. The van der Waals surface area contributed by atoms with Crippen molar-refractivity contribution in [2.45, 2.75) is 6.61 Å². The molecule has 30 heavy (non-hydrogen) atoms. The predicted octanol–water partition coefficient (Wildman–Crippen LogP) is 6.26. The minimum Gasteiger partial charge on any atom is -0.487 e. The number of carbonyl (C=O) groups is 1. The van der Waals surface area contributed by atoms with Gasteiger partial charge < -0.3 is 10.1 Å². The summed E-state index contributed by atoms with van der Waals surface area (Å²) in [4.78, 5) is 13.1. The maximum Gasteiger partial charge on any atom is 0.269 e. The van der Waals surface area contributed by atoms with E-state index in [1.807, 2.05) is 78.9 Å². The molecule has 150 valence electrons. The Morgan fingerprint density at radius 1 is 0.967 bits per heavy atom. The van der Waals surface area contributed by atoms with Crippen molar-refractivity contribution >= 4 is 61.9 Å². The first-order valence-electron chi connectivity index (χ1n) is 9.17. The van der Waals surface area contributed by atoms with Crippen molar-refractivity contribution in [3.63, 3.8) is 0 Å². The highest BCUT2D eigenvalue weighted by atomic mass is 35.5. The van der Waals surface area contributed by atoms with Crippen molar-refractivity contribution in [2.75, 3.05) is 5.32 Å².